The summed E-state index contributed by atoms with van der Waals surface area (Å²) in [4.78, 5) is 21.4. The van der Waals surface area contributed by atoms with E-state index in [1.165, 1.54) is 5.06 Å². The summed E-state index contributed by atoms with van der Waals surface area (Å²) in [5.41, 5.74) is -1.25. The van der Waals surface area contributed by atoms with E-state index in [4.69, 9.17) is 11.3 Å². The van der Waals surface area contributed by atoms with Gasteiger partial charge >= 0.3 is 6.03 Å². The molecule has 0 bridgehead atoms. The maximum Gasteiger partial charge on any atom is 0.317 e. The number of carbonyl (C=O) groups excluding carboxylic acids is 1. The zero-order valence-electron chi connectivity index (χ0n) is 21.8. The van der Waals surface area contributed by atoms with Crippen LogP contribution in [0.2, 0.25) is 0 Å². The molecule has 2 fully saturated rings. The van der Waals surface area contributed by atoms with Crippen molar-refractivity contribution >= 4 is 6.03 Å². The second kappa shape index (κ2) is 9.50. The molecule has 2 saturated heterocycles. The molecule has 7 heteroatoms. The highest BCUT2D eigenvalue weighted by atomic mass is 16.7. The van der Waals surface area contributed by atoms with Crippen LogP contribution in [-0.2, 0) is 4.84 Å². The Balaban J connectivity index is 2.23. The van der Waals surface area contributed by atoms with E-state index in [0.717, 1.165) is 19.3 Å². The fraction of sp³-hybridized carbons (Fsp3) is 0.880. The van der Waals surface area contributed by atoms with Gasteiger partial charge in [0, 0.05) is 47.2 Å². The van der Waals surface area contributed by atoms with Crippen LogP contribution in [0.1, 0.15) is 93.9 Å². The van der Waals surface area contributed by atoms with Crippen LogP contribution in [0.4, 0.5) is 4.79 Å². The number of unbranched alkanes of at least 4 members (excludes halogenated alkanes) is 1. The number of hydroxylamine groups is 4. The normalized spacial score (nSPS) is 25.8. The van der Waals surface area contributed by atoms with Crippen molar-refractivity contribution in [3.8, 4) is 12.3 Å². The fourth-order valence-electron chi connectivity index (χ4n) is 6.36. The third kappa shape index (κ3) is 5.77. The lowest BCUT2D eigenvalue weighted by atomic mass is 9.78. The van der Waals surface area contributed by atoms with Crippen molar-refractivity contribution in [3.05, 3.63) is 0 Å². The quantitative estimate of drug-likeness (QED) is 0.464. The van der Waals surface area contributed by atoms with Gasteiger partial charge in [0.15, 0.2) is 0 Å². The first kappa shape index (κ1) is 26.9. The lowest BCUT2D eigenvalue weighted by Gasteiger charge is -2.55. The first-order chi connectivity index (χ1) is 14.6. The number of terminal acetylenes is 1. The van der Waals surface area contributed by atoms with E-state index in [2.05, 4.69) is 44.0 Å². The van der Waals surface area contributed by atoms with Crippen molar-refractivity contribution in [2.24, 2.45) is 0 Å². The van der Waals surface area contributed by atoms with Crippen molar-refractivity contribution in [1.82, 2.24) is 20.3 Å². The van der Waals surface area contributed by atoms with Gasteiger partial charge in [0.2, 0.25) is 0 Å². The summed E-state index contributed by atoms with van der Waals surface area (Å²) in [6.45, 7) is 17.4. The number of nitrogens with zero attached hydrogens (tertiary/aromatic N) is 3. The molecule has 0 aromatic carbocycles. The standard InChI is InChI=1S/C25H46N4O3/c1-11-12-13-14-27(20-17-24(6,7)29(32-10)25(8,9)18-20)21(30)26-19-15-22(2,3)28(31)23(4,5)16-19/h1,19-20,31H,12-18H2,2-10H3,(H,26,30). The lowest BCUT2D eigenvalue weighted by Crippen LogP contribution is -2.66. The van der Waals surface area contributed by atoms with Crippen LogP contribution in [0.3, 0.4) is 0 Å². The van der Waals surface area contributed by atoms with Gasteiger partial charge in [-0.25, -0.2) is 4.79 Å². The monoisotopic (exact) mass is 450 g/mol. The van der Waals surface area contributed by atoms with E-state index in [-0.39, 0.29) is 29.2 Å². The van der Waals surface area contributed by atoms with Gasteiger partial charge in [-0.05, 0) is 87.5 Å². The van der Waals surface area contributed by atoms with Crippen LogP contribution >= 0.6 is 0 Å². The van der Waals surface area contributed by atoms with E-state index in [0.29, 0.717) is 25.8 Å². The van der Waals surface area contributed by atoms with Crippen LogP contribution in [-0.4, -0.2) is 74.2 Å². The third-order valence-corrected chi connectivity index (χ3v) is 7.14. The zero-order valence-corrected chi connectivity index (χ0v) is 21.8. The molecule has 0 radical (unpaired) electrons. The van der Waals surface area contributed by atoms with E-state index < -0.39 is 11.1 Å². The van der Waals surface area contributed by atoms with Crippen molar-refractivity contribution < 1.29 is 14.8 Å². The second-order valence-electron chi connectivity index (χ2n) is 12.2. The molecule has 2 aliphatic rings. The van der Waals surface area contributed by atoms with Crippen molar-refractivity contribution in [2.75, 3.05) is 13.7 Å². The van der Waals surface area contributed by atoms with Crippen LogP contribution in [0.5, 0.6) is 0 Å². The predicted octanol–water partition coefficient (Wildman–Crippen LogP) is 4.41. The summed E-state index contributed by atoms with van der Waals surface area (Å²) in [7, 11) is 1.72. The second-order valence-corrected chi connectivity index (χ2v) is 12.2. The topological polar surface area (TPSA) is 68.3 Å². The van der Waals surface area contributed by atoms with Crippen molar-refractivity contribution in [3.63, 3.8) is 0 Å². The van der Waals surface area contributed by atoms with Crippen LogP contribution in [0.15, 0.2) is 0 Å². The molecule has 0 aromatic heterocycles. The minimum atomic E-state index is -0.415. The van der Waals surface area contributed by atoms with E-state index in [9.17, 15) is 10.0 Å². The van der Waals surface area contributed by atoms with Gasteiger partial charge in [0.1, 0.15) is 0 Å². The minimum Gasteiger partial charge on any atom is -0.335 e. The van der Waals surface area contributed by atoms with Gasteiger partial charge in [-0.3, -0.25) is 0 Å². The molecule has 32 heavy (non-hydrogen) atoms. The summed E-state index contributed by atoms with van der Waals surface area (Å²) in [6, 6.07) is 0.0433. The Morgan fingerprint density at radius 3 is 1.97 bits per heavy atom. The number of hydrogen-bond donors (Lipinski definition) is 2. The molecule has 7 nitrogen and oxygen atoms in total. The maximum atomic E-state index is 13.6. The van der Waals surface area contributed by atoms with E-state index in [1.807, 2.05) is 32.6 Å². The summed E-state index contributed by atoms with van der Waals surface area (Å²) >= 11 is 0. The molecule has 0 atom stereocenters. The smallest absolute Gasteiger partial charge is 0.317 e. The minimum absolute atomic E-state index is 0.00822. The SMILES string of the molecule is C#CCCCN(C(=O)NC1CC(C)(C)N(O)C(C)(C)C1)C1CC(C)(C)N(OC)C(C)(C)C1. The number of urea groups is 1. The molecule has 2 heterocycles. The largest absolute Gasteiger partial charge is 0.335 e. The molecule has 0 aromatic rings. The Hall–Kier alpha value is -1.33. The van der Waals surface area contributed by atoms with Crippen molar-refractivity contribution in [1.29, 1.82) is 0 Å². The molecule has 2 N–H and O–H groups in total. The molecule has 2 rings (SSSR count). The summed E-state index contributed by atoms with van der Waals surface area (Å²) in [6.07, 6.45) is 9.94. The van der Waals surface area contributed by atoms with Gasteiger partial charge in [0.25, 0.3) is 0 Å². The van der Waals surface area contributed by atoms with Crippen molar-refractivity contribution in [2.45, 2.75) is 128 Å². The highest BCUT2D eigenvalue weighted by Crippen LogP contribution is 2.41. The lowest BCUT2D eigenvalue weighted by molar-refractivity contribution is -0.271. The molecule has 0 unspecified atom stereocenters. The number of piperidine rings is 2. The van der Waals surface area contributed by atoms with E-state index in [1.54, 1.807) is 7.11 Å². The number of rotatable bonds is 6. The van der Waals surface area contributed by atoms with E-state index >= 15 is 0 Å². The summed E-state index contributed by atoms with van der Waals surface area (Å²) in [5, 5.41) is 17.4. The van der Waals surface area contributed by atoms with Crippen LogP contribution in [0, 0.1) is 12.3 Å². The molecular weight excluding hydrogens is 404 g/mol. The Kier molecular flexibility index (Phi) is 7.99. The zero-order chi connectivity index (χ0) is 24.5. The highest BCUT2D eigenvalue weighted by Gasteiger charge is 2.49. The van der Waals surface area contributed by atoms with Gasteiger partial charge in [0.05, 0.1) is 7.11 Å². The first-order valence-corrected chi connectivity index (χ1v) is 11.9. The maximum absolute atomic E-state index is 13.6. The molecule has 184 valence electrons. The van der Waals surface area contributed by atoms with Gasteiger partial charge < -0.3 is 20.3 Å². The van der Waals surface area contributed by atoms with Gasteiger partial charge in [-0.15, -0.1) is 12.3 Å². The van der Waals surface area contributed by atoms with Crippen LogP contribution < -0.4 is 5.32 Å². The molecule has 0 aliphatic carbocycles. The van der Waals surface area contributed by atoms with Gasteiger partial charge in [-0.1, -0.05) is 0 Å². The molecule has 0 saturated carbocycles. The fourth-order valence-corrected chi connectivity index (χ4v) is 6.36. The summed E-state index contributed by atoms with van der Waals surface area (Å²) < 4.78 is 0. The first-order valence-electron chi connectivity index (χ1n) is 11.9. The number of amides is 2. The van der Waals surface area contributed by atoms with Crippen LogP contribution in [0.25, 0.3) is 0 Å². The molecule has 2 amide bonds. The number of carbonyl (C=O) groups is 1. The highest BCUT2D eigenvalue weighted by molar-refractivity contribution is 5.75. The summed E-state index contributed by atoms with van der Waals surface area (Å²) in [5.74, 6) is 2.70. The molecule has 0 spiro atoms. The Labute approximate surface area is 195 Å². The molecule has 2 aliphatic heterocycles. The number of nitrogens with one attached hydrogen (secondary N) is 1. The van der Waals surface area contributed by atoms with Gasteiger partial charge in [-0.2, -0.15) is 10.1 Å². The average Bonchev–Trinajstić information content (AvgIpc) is 2.61. The third-order valence-electron chi connectivity index (χ3n) is 7.14. The Morgan fingerprint density at radius 2 is 1.53 bits per heavy atom. The Morgan fingerprint density at radius 1 is 1.03 bits per heavy atom. The predicted molar refractivity (Wildman–Crippen MR) is 128 cm³/mol. The average molecular weight is 451 g/mol. The number of hydrogen-bond acceptors (Lipinski definition) is 5. The Bertz CT molecular complexity index is 674. The molecular formula is C25H46N4O3.